The van der Waals surface area contributed by atoms with Crippen LogP contribution >= 0.6 is 35.2 Å². The van der Waals surface area contributed by atoms with Crippen molar-refractivity contribution in [3.63, 3.8) is 0 Å². The number of thiocarbonyl (C=S) groups is 1. The van der Waals surface area contributed by atoms with Gasteiger partial charge in [0.2, 0.25) is 5.91 Å². The van der Waals surface area contributed by atoms with Gasteiger partial charge in [0.15, 0.2) is 10.00 Å². The molecule has 34 heavy (non-hydrogen) atoms. The molecule has 0 saturated carbocycles. The van der Waals surface area contributed by atoms with Crippen LogP contribution in [-0.4, -0.2) is 82.8 Å². The second-order valence-corrected chi connectivity index (χ2v) is 10.0. The molecule has 2 aromatic rings. The lowest BCUT2D eigenvalue weighted by Crippen LogP contribution is -2.53. The number of hydrogen-bond donors (Lipinski definition) is 3. The minimum absolute atomic E-state index is 0.0688. The number of hydrogen-bond acceptors (Lipinski definition) is 8. The molecule has 0 fully saturated rings. The molecule has 1 atom stereocenters. The van der Waals surface area contributed by atoms with Crippen molar-refractivity contribution in [3.8, 4) is 0 Å². The van der Waals surface area contributed by atoms with Gasteiger partial charge in [-0.15, -0.1) is 11.3 Å². The van der Waals surface area contributed by atoms with E-state index < -0.39 is 17.9 Å². The molecule has 3 amide bonds. The van der Waals surface area contributed by atoms with Crippen molar-refractivity contribution in [3.05, 3.63) is 38.6 Å². The summed E-state index contributed by atoms with van der Waals surface area (Å²) in [6, 6.07) is 0.666. The molecule has 0 aromatic carbocycles. The fourth-order valence-corrected chi connectivity index (χ4v) is 4.70. The predicted octanol–water partition coefficient (Wildman–Crippen LogP) is 1.23. The molecule has 13 heteroatoms. The topological polar surface area (TPSA) is 120 Å². The van der Waals surface area contributed by atoms with Gasteiger partial charge in [0.25, 0.3) is 11.8 Å². The average molecular weight is 524 g/mol. The van der Waals surface area contributed by atoms with Crippen LogP contribution in [0.4, 0.5) is 5.69 Å². The molecule has 10 nitrogen and oxygen atoms in total. The van der Waals surface area contributed by atoms with Crippen molar-refractivity contribution in [1.82, 2.24) is 30.4 Å². The van der Waals surface area contributed by atoms with Gasteiger partial charge in [0.05, 0.1) is 17.6 Å². The van der Waals surface area contributed by atoms with E-state index in [4.69, 9.17) is 23.8 Å². The van der Waals surface area contributed by atoms with Crippen LogP contribution in [0.3, 0.4) is 0 Å². The van der Waals surface area contributed by atoms with E-state index in [1.807, 2.05) is 7.05 Å². The third kappa shape index (κ3) is 6.47. The summed E-state index contributed by atoms with van der Waals surface area (Å²) in [5, 5.41) is 8.76. The Morgan fingerprint density at radius 2 is 2.09 bits per heavy atom. The summed E-state index contributed by atoms with van der Waals surface area (Å²) in [6.07, 6.45) is 2.21. The zero-order valence-corrected chi connectivity index (χ0v) is 21.7. The van der Waals surface area contributed by atoms with Crippen LogP contribution in [0.1, 0.15) is 25.9 Å². The summed E-state index contributed by atoms with van der Waals surface area (Å²) in [5.41, 5.74) is 2.11. The number of carbonyl (C=O) groups is 3. The van der Waals surface area contributed by atoms with Crippen LogP contribution < -0.4 is 16.0 Å². The number of aryl methyl sites for hydroxylation is 1. The standard InChI is InChI=1S/C21H26ClN7O3S2/c1-11-7-16(22)23-8-13(11)25-17(30)19(33)24-9-14(21(32)28(2)3)26-18(31)20-27-12-5-6-29(4)10-15(12)34-20/h7-8,14H,5-6,9-10H2,1-4H3,(H,24,33)(H,25,30)(H,26,31). The van der Waals surface area contributed by atoms with E-state index in [-0.39, 0.29) is 17.4 Å². The van der Waals surface area contributed by atoms with Crippen LogP contribution in [0.25, 0.3) is 0 Å². The van der Waals surface area contributed by atoms with E-state index in [0.29, 0.717) is 15.8 Å². The summed E-state index contributed by atoms with van der Waals surface area (Å²) in [7, 11) is 5.19. The Morgan fingerprint density at radius 3 is 2.76 bits per heavy atom. The van der Waals surface area contributed by atoms with Gasteiger partial charge in [0.1, 0.15) is 11.2 Å². The predicted molar refractivity (Wildman–Crippen MR) is 135 cm³/mol. The molecule has 0 aliphatic carbocycles. The van der Waals surface area contributed by atoms with Gasteiger partial charge in [-0.2, -0.15) is 0 Å². The Bertz CT molecular complexity index is 1120. The van der Waals surface area contributed by atoms with Crippen molar-refractivity contribution in [1.29, 1.82) is 0 Å². The summed E-state index contributed by atoms with van der Waals surface area (Å²) in [4.78, 5) is 50.9. The highest BCUT2D eigenvalue weighted by Crippen LogP contribution is 2.24. The third-order valence-electron chi connectivity index (χ3n) is 5.16. The van der Waals surface area contributed by atoms with Crippen LogP contribution in [0, 0.1) is 6.92 Å². The smallest absolute Gasteiger partial charge is 0.283 e. The first kappa shape index (κ1) is 25.9. The van der Waals surface area contributed by atoms with Crippen molar-refractivity contribution in [2.75, 3.05) is 39.5 Å². The number of nitrogens with zero attached hydrogens (tertiary/aromatic N) is 4. The van der Waals surface area contributed by atoms with Gasteiger partial charge < -0.3 is 25.8 Å². The number of aromatic nitrogens is 2. The Hall–Kier alpha value is -2.67. The highest BCUT2D eigenvalue weighted by atomic mass is 35.5. The number of anilines is 1. The second-order valence-electron chi connectivity index (χ2n) is 8.12. The molecule has 3 rings (SSSR count). The molecule has 1 aliphatic rings. The maximum absolute atomic E-state index is 12.9. The molecule has 3 N–H and O–H groups in total. The number of carbonyl (C=O) groups excluding carboxylic acids is 3. The summed E-state index contributed by atoms with van der Waals surface area (Å²) in [6.45, 7) is 3.33. The fourth-order valence-electron chi connectivity index (χ4n) is 3.26. The van der Waals surface area contributed by atoms with Gasteiger partial charge >= 0.3 is 0 Å². The van der Waals surface area contributed by atoms with E-state index in [2.05, 4.69) is 30.8 Å². The summed E-state index contributed by atoms with van der Waals surface area (Å²) < 4.78 is 0. The Balaban J connectivity index is 1.63. The Labute approximate surface area is 212 Å². The van der Waals surface area contributed by atoms with Crippen LogP contribution in [0.5, 0.6) is 0 Å². The van der Waals surface area contributed by atoms with Crippen LogP contribution in [0.15, 0.2) is 12.3 Å². The number of likely N-dealkylation sites (N-methyl/N-ethyl adjacent to an activating group) is 2. The van der Waals surface area contributed by atoms with Gasteiger partial charge in [-0.05, 0) is 25.6 Å². The molecule has 2 aromatic heterocycles. The largest absolute Gasteiger partial charge is 0.369 e. The fraction of sp³-hybridized carbons (Fsp3) is 0.429. The summed E-state index contributed by atoms with van der Waals surface area (Å²) in [5.74, 6) is -1.36. The molecule has 0 saturated heterocycles. The van der Waals surface area contributed by atoms with E-state index in [0.717, 1.165) is 35.6 Å². The monoisotopic (exact) mass is 523 g/mol. The third-order valence-corrected chi connectivity index (χ3v) is 6.78. The van der Waals surface area contributed by atoms with E-state index >= 15 is 0 Å². The zero-order chi connectivity index (χ0) is 25.0. The molecule has 0 bridgehead atoms. The minimum atomic E-state index is -0.948. The molecule has 182 valence electrons. The number of thiazole rings is 1. The number of amides is 3. The zero-order valence-electron chi connectivity index (χ0n) is 19.3. The molecule has 3 heterocycles. The molecular formula is C21H26ClN7O3S2. The highest BCUT2D eigenvalue weighted by molar-refractivity contribution is 7.82. The maximum Gasteiger partial charge on any atom is 0.283 e. The minimum Gasteiger partial charge on any atom is -0.369 e. The molecule has 0 spiro atoms. The SMILES string of the molecule is Cc1cc(Cl)ncc1NC(=O)C(=S)NCC(NC(=O)c1nc2c(s1)CN(C)CC2)C(=O)N(C)C. The van der Waals surface area contributed by atoms with E-state index in [1.165, 1.54) is 22.4 Å². The number of nitrogens with one attached hydrogen (secondary N) is 3. The van der Waals surface area contributed by atoms with Gasteiger partial charge in [-0.25, -0.2) is 9.97 Å². The number of pyridine rings is 1. The van der Waals surface area contributed by atoms with Crippen LogP contribution in [0.2, 0.25) is 5.15 Å². The lowest BCUT2D eigenvalue weighted by molar-refractivity contribution is -0.130. The van der Waals surface area contributed by atoms with Gasteiger partial charge in [-0.1, -0.05) is 23.8 Å². The van der Waals surface area contributed by atoms with E-state index in [9.17, 15) is 14.4 Å². The first-order valence-electron chi connectivity index (χ1n) is 10.5. The molecular weight excluding hydrogens is 498 g/mol. The molecule has 1 unspecified atom stereocenters. The van der Waals surface area contributed by atoms with Crippen molar-refractivity contribution < 1.29 is 14.4 Å². The normalized spacial score (nSPS) is 14.0. The Morgan fingerprint density at radius 1 is 1.35 bits per heavy atom. The quantitative estimate of drug-likeness (QED) is 0.382. The maximum atomic E-state index is 12.9. The van der Waals surface area contributed by atoms with Crippen molar-refractivity contribution >= 4 is 63.6 Å². The average Bonchev–Trinajstić information content (AvgIpc) is 3.20. The lowest BCUT2D eigenvalue weighted by atomic mass is 10.2. The second kappa shape index (κ2) is 11.2. The number of fused-ring (bicyclic) bond motifs is 1. The van der Waals surface area contributed by atoms with Gasteiger partial charge in [0, 0.05) is 45.0 Å². The Kier molecular flexibility index (Phi) is 8.52. The highest BCUT2D eigenvalue weighted by Gasteiger charge is 2.27. The first-order chi connectivity index (χ1) is 16.0. The van der Waals surface area contributed by atoms with E-state index in [1.54, 1.807) is 27.1 Å². The molecule has 0 radical (unpaired) electrons. The van der Waals surface area contributed by atoms with Gasteiger partial charge in [-0.3, -0.25) is 14.4 Å². The van der Waals surface area contributed by atoms with Crippen molar-refractivity contribution in [2.24, 2.45) is 0 Å². The van der Waals surface area contributed by atoms with Crippen LogP contribution in [-0.2, 0) is 22.6 Å². The number of halogens is 1. The lowest BCUT2D eigenvalue weighted by Gasteiger charge is -2.22. The number of rotatable bonds is 6. The van der Waals surface area contributed by atoms with Crippen molar-refractivity contribution in [2.45, 2.75) is 25.9 Å². The summed E-state index contributed by atoms with van der Waals surface area (Å²) >= 11 is 12.3. The molecule has 1 aliphatic heterocycles. The first-order valence-corrected chi connectivity index (χ1v) is 12.1.